The van der Waals surface area contributed by atoms with Crippen LogP contribution in [0.4, 0.5) is 0 Å². The largest absolute Gasteiger partial charge is 0.468 e. The highest BCUT2D eigenvalue weighted by Gasteiger charge is 2.25. The molecule has 1 saturated heterocycles. The first-order chi connectivity index (χ1) is 13.1. The van der Waals surface area contributed by atoms with Crippen molar-refractivity contribution in [2.45, 2.75) is 31.8 Å². The number of hydrogen-bond acceptors (Lipinski definition) is 3. The second-order valence-electron chi connectivity index (χ2n) is 7.17. The Morgan fingerprint density at radius 2 is 2.15 bits per heavy atom. The third-order valence-corrected chi connectivity index (χ3v) is 5.41. The van der Waals surface area contributed by atoms with E-state index in [1.165, 1.54) is 19.3 Å². The van der Waals surface area contributed by atoms with E-state index in [-0.39, 0.29) is 6.04 Å². The van der Waals surface area contributed by atoms with Gasteiger partial charge in [-0.3, -0.25) is 9.89 Å². The molecule has 3 rings (SSSR count). The van der Waals surface area contributed by atoms with Gasteiger partial charge < -0.3 is 19.2 Å². The summed E-state index contributed by atoms with van der Waals surface area (Å²) in [5.41, 5.74) is 1.14. The smallest absolute Gasteiger partial charge is 0.193 e. The van der Waals surface area contributed by atoms with Crippen LogP contribution in [0.15, 0.2) is 40.1 Å². The number of furan rings is 1. The topological polar surface area (TPSA) is 48.9 Å². The average molecular weight is 392 g/mol. The fourth-order valence-corrected chi connectivity index (χ4v) is 4.01. The summed E-state index contributed by atoms with van der Waals surface area (Å²) >= 11 is 6.11. The molecule has 1 aliphatic heterocycles. The fourth-order valence-electron chi connectivity index (χ4n) is 3.73. The molecule has 2 aromatic heterocycles. The molecule has 6 nitrogen and oxygen atoms in total. The number of guanidine groups is 1. The number of halogens is 1. The lowest BCUT2D eigenvalue weighted by Crippen LogP contribution is -2.44. The quantitative estimate of drug-likeness (QED) is 0.604. The Morgan fingerprint density at radius 1 is 1.37 bits per heavy atom. The Morgan fingerprint density at radius 3 is 2.74 bits per heavy atom. The van der Waals surface area contributed by atoms with E-state index in [1.54, 1.807) is 6.26 Å². The van der Waals surface area contributed by atoms with Crippen LogP contribution < -0.4 is 5.32 Å². The van der Waals surface area contributed by atoms with Crippen molar-refractivity contribution in [2.75, 3.05) is 33.7 Å². The summed E-state index contributed by atoms with van der Waals surface area (Å²) in [5.74, 6) is 1.87. The maximum Gasteiger partial charge on any atom is 0.193 e. The van der Waals surface area contributed by atoms with Crippen LogP contribution in [-0.2, 0) is 13.6 Å². The van der Waals surface area contributed by atoms with Gasteiger partial charge in [0, 0.05) is 39.6 Å². The van der Waals surface area contributed by atoms with E-state index in [4.69, 9.17) is 16.0 Å². The normalized spacial score (nSPS) is 17.1. The molecule has 0 aliphatic carbocycles. The lowest BCUT2D eigenvalue weighted by Gasteiger charge is -2.34. The van der Waals surface area contributed by atoms with Crippen molar-refractivity contribution in [3.8, 4) is 0 Å². The van der Waals surface area contributed by atoms with Crippen LogP contribution in [0.2, 0.25) is 5.02 Å². The van der Waals surface area contributed by atoms with Gasteiger partial charge in [0.25, 0.3) is 0 Å². The molecule has 0 amide bonds. The number of aromatic nitrogens is 1. The minimum Gasteiger partial charge on any atom is -0.468 e. The second-order valence-corrected chi connectivity index (χ2v) is 7.61. The molecule has 0 saturated carbocycles. The van der Waals surface area contributed by atoms with Crippen molar-refractivity contribution in [3.05, 3.63) is 47.1 Å². The summed E-state index contributed by atoms with van der Waals surface area (Å²) in [4.78, 5) is 9.08. The van der Waals surface area contributed by atoms with Gasteiger partial charge >= 0.3 is 0 Å². The van der Waals surface area contributed by atoms with Gasteiger partial charge in [0.1, 0.15) is 5.76 Å². The van der Waals surface area contributed by atoms with Crippen LogP contribution >= 0.6 is 11.6 Å². The van der Waals surface area contributed by atoms with E-state index < -0.39 is 0 Å². The Balaban J connectivity index is 1.64. The third kappa shape index (κ3) is 5.08. The first kappa shape index (κ1) is 19.8. The second kappa shape index (κ2) is 9.33. The number of rotatable bonds is 6. The molecular formula is C20H30ClN5O. The molecule has 2 aromatic rings. The number of hydrogen-bond donors (Lipinski definition) is 1. The number of piperidine rings is 1. The number of aryl methyl sites for hydroxylation is 1. The minimum atomic E-state index is 0.218. The highest BCUT2D eigenvalue weighted by atomic mass is 35.5. The van der Waals surface area contributed by atoms with Gasteiger partial charge in [0.2, 0.25) is 0 Å². The van der Waals surface area contributed by atoms with Gasteiger partial charge in [0.05, 0.1) is 23.9 Å². The Hall–Kier alpha value is -1.92. The molecule has 1 fully saturated rings. The van der Waals surface area contributed by atoms with Crippen LogP contribution in [0.3, 0.4) is 0 Å². The fraction of sp³-hybridized carbons (Fsp3) is 0.550. The summed E-state index contributed by atoms with van der Waals surface area (Å²) in [6.45, 7) is 3.73. The van der Waals surface area contributed by atoms with Gasteiger partial charge in [-0.05, 0) is 44.1 Å². The molecule has 0 bridgehead atoms. The van der Waals surface area contributed by atoms with Crippen molar-refractivity contribution in [2.24, 2.45) is 12.0 Å². The van der Waals surface area contributed by atoms with Crippen molar-refractivity contribution in [3.63, 3.8) is 0 Å². The first-order valence-corrected chi connectivity index (χ1v) is 9.96. The molecule has 0 radical (unpaired) electrons. The molecule has 1 aliphatic rings. The van der Waals surface area contributed by atoms with Gasteiger partial charge in [-0.1, -0.05) is 18.0 Å². The number of aliphatic imine (C=N–C) groups is 1. The maximum absolute atomic E-state index is 6.11. The zero-order valence-corrected chi connectivity index (χ0v) is 17.2. The number of nitrogens with one attached hydrogen (secondary N) is 1. The van der Waals surface area contributed by atoms with Crippen LogP contribution in [0, 0.1) is 0 Å². The maximum atomic E-state index is 6.11. The zero-order chi connectivity index (χ0) is 19.2. The van der Waals surface area contributed by atoms with Gasteiger partial charge in [-0.15, -0.1) is 0 Å². The van der Waals surface area contributed by atoms with Gasteiger partial charge in [-0.2, -0.15) is 0 Å². The highest BCUT2D eigenvalue weighted by Crippen LogP contribution is 2.24. The summed E-state index contributed by atoms with van der Waals surface area (Å²) in [5, 5.41) is 4.29. The van der Waals surface area contributed by atoms with Gasteiger partial charge in [0.15, 0.2) is 5.96 Å². The summed E-state index contributed by atoms with van der Waals surface area (Å²) < 4.78 is 7.78. The van der Waals surface area contributed by atoms with Crippen molar-refractivity contribution in [1.82, 2.24) is 19.7 Å². The van der Waals surface area contributed by atoms with Crippen molar-refractivity contribution < 1.29 is 4.42 Å². The third-order valence-electron chi connectivity index (χ3n) is 5.20. The van der Waals surface area contributed by atoms with Crippen LogP contribution in [0.25, 0.3) is 0 Å². The zero-order valence-electron chi connectivity index (χ0n) is 16.5. The minimum absolute atomic E-state index is 0.218. The number of nitrogens with zero attached hydrogens (tertiary/aromatic N) is 4. The molecule has 0 aromatic carbocycles. The molecule has 3 heterocycles. The van der Waals surface area contributed by atoms with Crippen molar-refractivity contribution >= 4 is 17.6 Å². The molecular weight excluding hydrogens is 362 g/mol. The summed E-state index contributed by atoms with van der Waals surface area (Å²) in [7, 11) is 5.87. The lowest BCUT2D eigenvalue weighted by molar-refractivity contribution is 0.146. The van der Waals surface area contributed by atoms with Crippen LogP contribution in [0.1, 0.15) is 36.8 Å². The molecule has 1 atom stereocenters. The summed E-state index contributed by atoms with van der Waals surface area (Å²) in [6.07, 6.45) is 7.50. The highest BCUT2D eigenvalue weighted by molar-refractivity contribution is 6.30. The first-order valence-electron chi connectivity index (χ1n) is 9.58. The average Bonchev–Trinajstić information content (AvgIpc) is 3.29. The van der Waals surface area contributed by atoms with E-state index >= 15 is 0 Å². The van der Waals surface area contributed by atoms with Crippen molar-refractivity contribution in [1.29, 1.82) is 0 Å². The Bertz CT molecular complexity index is 734. The Kier molecular flexibility index (Phi) is 6.85. The van der Waals surface area contributed by atoms with E-state index in [0.717, 1.165) is 48.6 Å². The van der Waals surface area contributed by atoms with Crippen LogP contribution in [0.5, 0.6) is 0 Å². The number of likely N-dealkylation sites (tertiary alicyclic amines) is 1. The van der Waals surface area contributed by atoms with E-state index in [2.05, 4.69) is 26.2 Å². The van der Waals surface area contributed by atoms with Gasteiger partial charge in [-0.25, -0.2) is 0 Å². The summed E-state index contributed by atoms with van der Waals surface area (Å²) in [6, 6.07) is 6.24. The lowest BCUT2D eigenvalue weighted by atomic mass is 10.1. The van der Waals surface area contributed by atoms with Crippen LogP contribution in [-0.4, -0.2) is 54.1 Å². The Labute approximate surface area is 166 Å². The molecule has 0 spiro atoms. The molecule has 1 unspecified atom stereocenters. The predicted molar refractivity (Wildman–Crippen MR) is 110 cm³/mol. The molecule has 7 heteroatoms. The van der Waals surface area contributed by atoms with E-state index in [9.17, 15) is 0 Å². The molecule has 27 heavy (non-hydrogen) atoms. The SMILES string of the molecule is CN=C(NCC(c1ccco1)N1CCCCC1)N(C)Cc1cc(Cl)cn1C. The molecule has 148 valence electrons. The molecule has 1 N–H and O–H groups in total. The van der Waals surface area contributed by atoms with E-state index in [0.29, 0.717) is 0 Å². The monoisotopic (exact) mass is 391 g/mol. The van der Waals surface area contributed by atoms with E-state index in [1.807, 2.05) is 44.0 Å². The standard InChI is InChI=1S/C20H30ClN5O/c1-22-20(25(3)15-17-12-16(21)14-24(17)2)23-13-18(19-8-7-11-27-19)26-9-5-4-6-10-26/h7-8,11-12,14,18H,4-6,9-10,13,15H2,1-3H3,(H,22,23). The predicted octanol–water partition coefficient (Wildman–Crippen LogP) is 3.51.